The average Bonchev–Trinajstić information content (AvgIpc) is 2.66. The van der Waals surface area contributed by atoms with Crippen LogP contribution >= 0.6 is 0 Å². The molecule has 0 saturated heterocycles. The SMILES string of the molecule is COc1ccc2c(c1)CCCC(Nc1cc(C)nc(C)n1)C2. The lowest BCUT2D eigenvalue weighted by Crippen LogP contribution is -2.22. The molecule has 2 aromatic rings. The molecule has 3 rings (SSSR count). The molecule has 0 aliphatic heterocycles. The van der Waals surface area contributed by atoms with Crippen molar-refractivity contribution in [3.63, 3.8) is 0 Å². The predicted octanol–water partition coefficient (Wildman–Crippen LogP) is 3.46. The molecule has 0 fully saturated rings. The fraction of sp³-hybridized carbons (Fsp3) is 0.444. The minimum Gasteiger partial charge on any atom is -0.497 e. The third kappa shape index (κ3) is 3.38. The minimum absolute atomic E-state index is 0.420. The Balaban J connectivity index is 1.78. The molecular formula is C18H23N3O. The van der Waals surface area contributed by atoms with E-state index in [9.17, 15) is 0 Å². The van der Waals surface area contributed by atoms with Crippen molar-refractivity contribution in [3.05, 3.63) is 46.9 Å². The maximum Gasteiger partial charge on any atom is 0.130 e. The molecule has 0 spiro atoms. The quantitative estimate of drug-likeness (QED) is 0.881. The molecule has 0 bridgehead atoms. The van der Waals surface area contributed by atoms with Crippen molar-refractivity contribution in [1.82, 2.24) is 9.97 Å². The number of nitrogens with zero attached hydrogens (tertiary/aromatic N) is 2. The number of methoxy groups -OCH3 is 1. The molecule has 1 aromatic heterocycles. The van der Waals surface area contributed by atoms with Gasteiger partial charge in [-0.3, -0.25) is 0 Å². The van der Waals surface area contributed by atoms with Gasteiger partial charge in [0.1, 0.15) is 17.4 Å². The molecule has 22 heavy (non-hydrogen) atoms. The number of fused-ring (bicyclic) bond motifs is 1. The lowest BCUT2D eigenvalue weighted by Gasteiger charge is -2.18. The van der Waals surface area contributed by atoms with Crippen molar-refractivity contribution in [2.24, 2.45) is 0 Å². The van der Waals surface area contributed by atoms with E-state index in [0.717, 1.165) is 42.3 Å². The van der Waals surface area contributed by atoms with E-state index in [4.69, 9.17) is 4.74 Å². The minimum atomic E-state index is 0.420. The third-order valence-electron chi connectivity index (χ3n) is 4.20. The first kappa shape index (κ1) is 14.8. The van der Waals surface area contributed by atoms with E-state index in [1.54, 1.807) is 7.11 Å². The number of aromatic nitrogens is 2. The van der Waals surface area contributed by atoms with Crippen LogP contribution in [-0.2, 0) is 12.8 Å². The van der Waals surface area contributed by atoms with Crippen molar-refractivity contribution in [1.29, 1.82) is 0 Å². The summed E-state index contributed by atoms with van der Waals surface area (Å²) >= 11 is 0. The van der Waals surface area contributed by atoms with E-state index in [0.29, 0.717) is 6.04 Å². The standard InChI is InChI=1S/C18H23N3O/c1-12-9-18(20-13(2)19-12)21-16-6-4-5-14-11-17(22-3)8-7-15(14)10-16/h7-9,11,16H,4-6,10H2,1-3H3,(H,19,20,21). The highest BCUT2D eigenvalue weighted by Crippen LogP contribution is 2.26. The second-order valence-corrected chi connectivity index (χ2v) is 6.01. The summed E-state index contributed by atoms with van der Waals surface area (Å²) in [7, 11) is 1.72. The maximum absolute atomic E-state index is 5.34. The normalized spacial score (nSPS) is 17.5. The Morgan fingerprint density at radius 2 is 2.00 bits per heavy atom. The molecule has 116 valence electrons. The van der Waals surface area contributed by atoms with Gasteiger partial charge in [-0.1, -0.05) is 6.07 Å². The van der Waals surface area contributed by atoms with E-state index < -0.39 is 0 Å². The average molecular weight is 297 g/mol. The van der Waals surface area contributed by atoms with Crippen LogP contribution in [0.2, 0.25) is 0 Å². The highest BCUT2D eigenvalue weighted by molar-refractivity contribution is 5.41. The largest absolute Gasteiger partial charge is 0.497 e. The Labute approximate surface area is 132 Å². The molecule has 1 aliphatic carbocycles. The van der Waals surface area contributed by atoms with Gasteiger partial charge in [-0.2, -0.15) is 0 Å². The Hall–Kier alpha value is -2.10. The number of benzene rings is 1. The van der Waals surface area contributed by atoms with Crippen LogP contribution in [0.5, 0.6) is 5.75 Å². The smallest absolute Gasteiger partial charge is 0.130 e. The van der Waals surface area contributed by atoms with Crippen LogP contribution in [0.1, 0.15) is 35.5 Å². The summed E-state index contributed by atoms with van der Waals surface area (Å²) < 4.78 is 5.34. The van der Waals surface area contributed by atoms with Crippen LogP contribution in [0.3, 0.4) is 0 Å². The Bertz CT molecular complexity index is 649. The summed E-state index contributed by atoms with van der Waals surface area (Å²) in [4.78, 5) is 8.84. The molecule has 0 radical (unpaired) electrons. The second-order valence-electron chi connectivity index (χ2n) is 6.01. The van der Waals surface area contributed by atoms with Gasteiger partial charge in [0.25, 0.3) is 0 Å². The number of ether oxygens (including phenoxy) is 1. The molecule has 1 heterocycles. The van der Waals surface area contributed by atoms with Crippen LogP contribution < -0.4 is 10.1 Å². The summed E-state index contributed by atoms with van der Waals surface area (Å²) in [6, 6.07) is 8.87. The molecule has 4 heteroatoms. The zero-order valence-corrected chi connectivity index (χ0v) is 13.5. The molecule has 1 unspecified atom stereocenters. The van der Waals surface area contributed by atoms with E-state index in [-0.39, 0.29) is 0 Å². The van der Waals surface area contributed by atoms with Gasteiger partial charge in [-0.25, -0.2) is 9.97 Å². The van der Waals surface area contributed by atoms with E-state index in [1.165, 1.54) is 17.5 Å². The molecule has 1 N–H and O–H groups in total. The van der Waals surface area contributed by atoms with Crippen LogP contribution in [0, 0.1) is 13.8 Å². The van der Waals surface area contributed by atoms with Gasteiger partial charge in [-0.15, -0.1) is 0 Å². The number of aryl methyl sites for hydroxylation is 3. The number of anilines is 1. The Morgan fingerprint density at radius 3 is 2.77 bits per heavy atom. The summed E-state index contributed by atoms with van der Waals surface area (Å²) in [6.45, 7) is 3.95. The van der Waals surface area contributed by atoms with E-state index in [1.807, 2.05) is 19.9 Å². The van der Waals surface area contributed by atoms with Crippen molar-refractivity contribution >= 4 is 5.82 Å². The van der Waals surface area contributed by atoms with Gasteiger partial charge >= 0.3 is 0 Å². The van der Waals surface area contributed by atoms with Crippen LogP contribution in [0.4, 0.5) is 5.82 Å². The molecule has 0 saturated carbocycles. The number of hydrogen-bond donors (Lipinski definition) is 1. The highest BCUT2D eigenvalue weighted by atomic mass is 16.5. The van der Waals surface area contributed by atoms with Crippen LogP contribution in [-0.4, -0.2) is 23.1 Å². The second kappa shape index (κ2) is 6.34. The van der Waals surface area contributed by atoms with Gasteiger partial charge in [0.2, 0.25) is 0 Å². The third-order valence-corrected chi connectivity index (χ3v) is 4.20. The lowest BCUT2D eigenvalue weighted by molar-refractivity contribution is 0.414. The number of nitrogens with one attached hydrogen (secondary N) is 1. The molecule has 1 atom stereocenters. The van der Waals surface area contributed by atoms with Crippen molar-refractivity contribution in [3.8, 4) is 5.75 Å². The first-order valence-electron chi connectivity index (χ1n) is 7.88. The van der Waals surface area contributed by atoms with E-state index in [2.05, 4.69) is 33.5 Å². The fourth-order valence-electron chi connectivity index (χ4n) is 3.19. The van der Waals surface area contributed by atoms with Crippen molar-refractivity contribution in [2.45, 2.75) is 45.6 Å². The lowest BCUT2D eigenvalue weighted by atomic mass is 10.0. The van der Waals surface area contributed by atoms with Gasteiger partial charge in [0, 0.05) is 17.8 Å². The fourth-order valence-corrected chi connectivity index (χ4v) is 3.19. The maximum atomic E-state index is 5.34. The summed E-state index contributed by atoms with van der Waals surface area (Å²) in [5.74, 6) is 2.71. The molecule has 1 aliphatic rings. The topological polar surface area (TPSA) is 47.0 Å². The summed E-state index contributed by atoms with van der Waals surface area (Å²) in [5, 5.41) is 3.59. The first-order chi connectivity index (χ1) is 10.6. The van der Waals surface area contributed by atoms with Gasteiger partial charge < -0.3 is 10.1 Å². The summed E-state index contributed by atoms with van der Waals surface area (Å²) in [6.07, 6.45) is 4.48. The molecule has 1 aromatic carbocycles. The van der Waals surface area contributed by atoms with Gasteiger partial charge in [-0.05, 0) is 62.8 Å². The van der Waals surface area contributed by atoms with E-state index >= 15 is 0 Å². The zero-order valence-electron chi connectivity index (χ0n) is 13.5. The van der Waals surface area contributed by atoms with Crippen LogP contribution in [0.25, 0.3) is 0 Å². The Kier molecular flexibility index (Phi) is 4.27. The van der Waals surface area contributed by atoms with Crippen LogP contribution in [0.15, 0.2) is 24.3 Å². The van der Waals surface area contributed by atoms with Gasteiger partial charge in [0.05, 0.1) is 7.11 Å². The number of hydrogen-bond acceptors (Lipinski definition) is 4. The summed E-state index contributed by atoms with van der Waals surface area (Å²) in [5.41, 5.74) is 3.84. The van der Waals surface area contributed by atoms with Crippen molar-refractivity contribution < 1.29 is 4.74 Å². The van der Waals surface area contributed by atoms with Gasteiger partial charge in [0.15, 0.2) is 0 Å². The molecule has 4 nitrogen and oxygen atoms in total. The number of rotatable bonds is 3. The monoisotopic (exact) mass is 297 g/mol. The van der Waals surface area contributed by atoms with Crippen molar-refractivity contribution in [2.75, 3.05) is 12.4 Å². The predicted molar refractivity (Wildman–Crippen MR) is 88.6 cm³/mol. The molecular weight excluding hydrogens is 274 g/mol. The highest BCUT2D eigenvalue weighted by Gasteiger charge is 2.17. The Morgan fingerprint density at radius 1 is 1.14 bits per heavy atom. The zero-order chi connectivity index (χ0) is 15.5. The first-order valence-corrected chi connectivity index (χ1v) is 7.88. The molecule has 0 amide bonds.